The highest BCUT2D eigenvalue weighted by atomic mass is 31.2. The number of carbonyl (C=O) groups excluding carboxylic acids is 2. The van der Waals surface area contributed by atoms with Gasteiger partial charge in [-0.25, -0.2) is 0 Å². The van der Waals surface area contributed by atoms with Gasteiger partial charge in [0.2, 0.25) is 0 Å². The van der Waals surface area contributed by atoms with Crippen LogP contribution in [0.2, 0.25) is 0 Å². The topological polar surface area (TPSA) is 78.9 Å². The molecule has 0 saturated carbocycles. The van der Waals surface area contributed by atoms with Crippen LogP contribution in [0.5, 0.6) is 0 Å². The van der Waals surface area contributed by atoms with Crippen molar-refractivity contribution in [2.45, 2.75) is 52.1 Å². The van der Waals surface area contributed by atoms with Crippen LogP contribution in [0.15, 0.2) is 12.2 Å². The molecule has 0 saturated heterocycles. The van der Waals surface area contributed by atoms with Crippen molar-refractivity contribution in [3.8, 4) is 0 Å². The molecule has 0 aromatic rings. The van der Waals surface area contributed by atoms with Crippen molar-refractivity contribution in [2.24, 2.45) is 0 Å². The number of ketones is 1. The Morgan fingerprint density at radius 2 is 1.73 bits per heavy atom. The number of hydrogen-bond acceptors (Lipinski definition) is 6. The van der Waals surface area contributed by atoms with Crippen LogP contribution in [-0.2, 0) is 27.9 Å². The van der Waals surface area contributed by atoms with Crippen molar-refractivity contribution in [2.75, 3.05) is 20.3 Å². The van der Waals surface area contributed by atoms with Gasteiger partial charge in [0.15, 0.2) is 0 Å². The minimum Gasteiger partial charge on any atom is -0.469 e. The van der Waals surface area contributed by atoms with Crippen molar-refractivity contribution >= 4 is 19.3 Å². The summed E-state index contributed by atoms with van der Waals surface area (Å²) >= 11 is 0. The molecule has 0 aliphatic rings. The van der Waals surface area contributed by atoms with E-state index in [0.29, 0.717) is 25.7 Å². The standard InChI is InChI=1S/C15H27O6P/c1-5-20-22(18,21-6-2)14(13(3)16)11-9-7-8-10-12-15(17)19-4/h7,9,14H,5-6,8,10-12H2,1-4H3/b9-7-. The Morgan fingerprint density at radius 3 is 2.18 bits per heavy atom. The molecular weight excluding hydrogens is 307 g/mol. The lowest BCUT2D eigenvalue weighted by Gasteiger charge is -2.23. The second-order valence-electron chi connectivity index (χ2n) is 4.68. The summed E-state index contributed by atoms with van der Waals surface area (Å²) in [7, 11) is -2.08. The average molecular weight is 334 g/mol. The van der Waals surface area contributed by atoms with E-state index in [9.17, 15) is 14.2 Å². The van der Waals surface area contributed by atoms with E-state index in [2.05, 4.69) is 4.74 Å². The Labute approximate surface area is 132 Å². The molecule has 0 rings (SSSR count). The minimum atomic E-state index is -3.44. The molecule has 6 nitrogen and oxygen atoms in total. The molecule has 0 spiro atoms. The first kappa shape index (κ1) is 21.0. The number of ether oxygens (including phenoxy) is 1. The fraction of sp³-hybridized carbons (Fsp3) is 0.733. The fourth-order valence-corrected chi connectivity index (χ4v) is 3.88. The fourth-order valence-electron chi connectivity index (χ4n) is 1.90. The van der Waals surface area contributed by atoms with Gasteiger partial charge in [0.25, 0.3) is 0 Å². The number of Topliss-reactive ketones (excluding diaryl/α,β-unsaturated/α-hetero) is 1. The highest BCUT2D eigenvalue weighted by Crippen LogP contribution is 2.54. The number of unbranched alkanes of at least 4 members (excludes halogenated alkanes) is 1. The van der Waals surface area contributed by atoms with Crippen molar-refractivity contribution in [1.29, 1.82) is 0 Å². The SMILES string of the molecule is CCOP(=O)(OCC)C(C/C=C\CCCC(=O)OC)C(C)=O. The van der Waals surface area contributed by atoms with Crippen LogP contribution in [0, 0.1) is 0 Å². The first-order valence-corrected chi connectivity index (χ1v) is 9.13. The molecule has 22 heavy (non-hydrogen) atoms. The van der Waals surface area contributed by atoms with Crippen LogP contribution in [0.3, 0.4) is 0 Å². The second kappa shape index (κ2) is 11.6. The summed E-state index contributed by atoms with van der Waals surface area (Å²) in [6.45, 7) is 5.27. The zero-order valence-electron chi connectivity index (χ0n) is 13.9. The van der Waals surface area contributed by atoms with Gasteiger partial charge in [-0.3, -0.25) is 14.2 Å². The molecule has 0 fully saturated rings. The molecule has 7 heteroatoms. The monoisotopic (exact) mass is 334 g/mol. The Bertz CT molecular complexity index is 408. The van der Waals surface area contributed by atoms with Crippen molar-refractivity contribution in [3.05, 3.63) is 12.2 Å². The molecule has 0 N–H and O–H groups in total. The molecular formula is C15H27O6P. The van der Waals surface area contributed by atoms with Gasteiger partial charge in [-0.1, -0.05) is 12.2 Å². The maximum absolute atomic E-state index is 12.6. The summed E-state index contributed by atoms with van der Waals surface area (Å²) in [5.41, 5.74) is -0.788. The number of hydrogen-bond donors (Lipinski definition) is 0. The average Bonchev–Trinajstić information content (AvgIpc) is 2.45. The Hall–Kier alpha value is -0.970. The van der Waals surface area contributed by atoms with E-state index in [-0.39, 0.29) is 25.0 Å². The maximum atomic E-state index is 12.6. The summed E-state index contributed by atoms with van der Waals surface area (Å²) in [5.74, 6) is -0.461. The summed E-state index contributed by atoms with van der Waals surface area (Å²) in [6, 6.07) is 0. The number of methoxy groups -OCH3 is 1. The van der Waals surface area contributed by atoms with Crippen LogP contribution in [0.1, 0.15) is 46.5 Å². The summed E-state index contributed by atoms with van der Waals surface area (Å²) in [4.78, 5) is 22.7. The predicted molar refractivity (Wildman–Crippen MR) is 85.0 cm³/mol. The lowest BCUT2D eigenvalue weighted by atomic mass is 10.2. The largest absolute Gasteiger partial charge is 0.469 e. The van der Waals surface area contributed by atoms with Gasteiger partial charge in [0, 0.05) is 6.42 Å². The molecule has 0 amide bonds. The highest BCUT2D eigenvalue weighted by molar-refractivity contribution is 7.55. The van der Waals surface area contributed by atoms with Crippen LogP contribution >= 0.6 is 7.60 Å². The highest BCUT2D eigenvalue weighted by Gasteiger charge is 2.37. The molecule has 0 aromatic heterocycles. The van der Waals surface area contributed by atoms with Crippen molar-refractivity contribution in [1.82, 2.24) is 0 Å². The molecule has 0 heterocycles. The first-order valence-electron chi connectivity index (χ1n) is 7.52. The van der Waals surface area contributed by atoms with Gasteiger partial charge in [-0.2, -0.15) is 0 Å². The van der Waals surface area contributed by atoms with Gasteiger partial charge in [-0.15, -0.1) is 0 Å². The summed E-state index contributed by atoms with van der Waals surface area (Å²) in [5, 5.41) is 0. The Balaban J connectivity index is 4.54. The number of esters is 1. The Kier molecular flexibility index (Phi) is 11.1. The van der Waals surface area contributed by atoms with E-state index in [1.165, 1.54) is 14.0 Å². The van der Waals surface area contributed by atoms with E-state index in [0.717, 1.165) is 0 Å². The van der Waals surface area contributed by atoms with E-state index in [1.807, 2.05) is 6.08 Å². The van der Waals surface area contributed by atoms with Crippen LogP contribution in [-0.4, -0.2) is 37.7 Å². The first-order chi connectivity index (χ1) is 10.4. The Morgan fingerprint density at radius 1 is 1.14 bits per heavy atom. The third-order valence-electron chi connectivity index (χ3n) is 2.97. The smallest absolute Gasteiger partial charge is 0.341 e. The summed E-state index contributed by atoms with van der Waals surface area (Å²) < 4.78 is 27.7. The molecule has 1 unspecified atom stereocenters. The van der Waals surface area contributed by atoms with E-state index < -0.39 is 13.3 Å². The summed E-state index contributed by atoms with van der Waals surface area (Å²) in [6.07, 6.45) is 5.66. The lowest BCUT2D eigenvalue weighted by Crippen LogP contribution is -2.20. The van der Waals surface area contributed by atoms with Gasteiger partial charge < -0.3 is 13.8 Å². The molecule has 0 aliphatic carbocycles. The maximum Gasteiger partial charge on any atom is 0.341 e. The normalized spacial score (nSPS) is 13.3. The van der Waals surface area contributed by atoms with E-state index in [4.69, 9.17) is 9.05 Å². The van der Waals surface area contributed by atoms with Gasteiger partial charge in [0.05, 0.1) is 20.3 Å². The molecule has 0 bridgehead atoms. The van der Waals surface area contributed by atoms with Crippen LogP contribution in [0.25, 0.3) is 0 Å². The van der Waals surface area contributed by atoms with Crippen molar-refractivity contribution in [3.63, 3.8) is 0 Å². The molecule has 1 atom stereocenters. The third kappa shape index (κ3) is 7.87. The van der Waals surface area contributed by atoms with Gasteiger partial charge in [0.1, 0.15) is 11.4 Å². The van der Waals surface area contributed by atoms with Crippen LogP contribution in [0.4, 0.5) is 0 Å². The predicted octanol–water partition coefficient (Wildman–Crippen LogP) is 3.50. The molecule has 0 aromatic carbocycles. The minimum absolute atomic E-state index is 0.218. The quantitative estimate of drug-likeness (QED) is 0.235. The number of allylic oxidation sites excluding steroid dienone is 2. The number of carbonyl (C=O) groups is 2. The zero-order chi connectivity index (χ0) is 17.0. The zero-order valence-corrected chi connectivity index (χ0v) is 14.8. The van der Waals surface area contributed by atoms with Gasteiger partial charge >= 0.3 is 13.6 Å². The number of rotatable bonds is 12. The molecule has 0 radical (unpaired) electrons. The molecule has 0 aliphatic heterocycles. The van der Waals surface area contributed by atoms with E-state index in [1.54, 1.807) is 19.9 Å². The third-order valence-corrected chi connectivity index (χ3v) is 5.55. The van der Waals surface area contributed by atoms with Crippen molar-refractivity contribution < 1.29 is 27.9 Å². The van der Waals surface area contributed by atoms with Crippen LogP contribution < -0.4 is 0 Å². The van der Waals surface area contributed by atoms with Gasteiger partial charge in [-0.05, 0) is 40.0 Å². The lowest BCUT2D eigenvalue weighted by molar-refractivity contribution is -0.140. The molecule has 128 valence electrons. The van der Waals surface area contributed by atoms with E-state index >= 15 is 0 Å². The second-order valence-corrected chi connectivity index (χ2v) is 6.90.